The highest BCUT2D eigenvalue weighted by atomic mass is 35.5. The number of hydrogen-bond acceptors (Lipinski definition) is 2. The molecule has 1 amide bonds. The van der Waals surface area contributed by atoms with E-state index >= 15 is 0 Å². The Morgan fingerprint density at radius 2 is 1.58 bits per heavy atom. The Morgan fingerprint density at radius 3 is 2.16 bits per heavy atom. The number of ether oxygens (including phenoxy) is 1. The Labute approximate surface area is 125 Å². The van der Waals surface area contributed by atoms with Crippen LogP contribution >= 0.6 is 34.8 Å². The Kier molecular flexibility index (Phi) is 4.53. The van der Waals surface area contributed by atoms with Crippen LogP contribution in [0.1, 0.15) is 0 Å². The molecule has 2 aromatic rings. The fourth-order valence-corrected chi connectivity index (χ4v) is 2.28. The van der Waals surface area contributed by atoms with Crippen LogP contribution in [0.2, 0.25) is 15.1 Å². The van der Waals surface area contributed by atoms with Gasteiger partial charge in [0, 0.05) is 10.7 Å². The molecular weight excluding hydrogens is 309 g/mol. The number of carbonyl (C=O) groups is 1. The van der Waals surface area contributed by atoms with Crippen molar-refractivity contribution in [1.29, 1.82) is 0 Å². The van der Waals surface area contributed by atoms with Crippen LogP contribution in [0.5, 0.6) is 5.75 Å². The number of carbonyl (C=O) groups excluding carboxylic acids is 1. The standard InChI is InChI=1S/C13H8Cl3NO2/c14-8-6-10(15)12(11(16)7-8)19-13(18)17-9-4-2-1-3-5-9/h1-7H,(H,17,18). The van der Waals surface area contributed by atoms with E-state index in [0.717, 1.165) is 0 Å². The first kappa shape index (κ1) is 14.0. The first-order valence-electron chi connectivity index (χ1n) is 5.24. The molecule has 0 aliphatic carbocycles. The van der Waals surface area contributed by atoms with Gasteiger partial charge in [-0.05, 0) is 24.3 Å². The maximum Gasteiger partial charge on any atom is 0.417 e. The number of nitrogens with one attached hydrogen (secondary N) is 1. The number of para-hydroxylation sites is 1. The number of hydrogen-bond donors (Lipinski definition) is 1. The van der Waals surface area contributed by atoms with Crippen LogP contribution in [0, 0.1) is 0 Å². The lowest BCUT2D eigenvalue weighted by Gasteiger charge is -2.09. The van der Waals surface area contributed by atoms with Crippen LogP contribution in [-0.4, -0.2) is 6.09 Å². The van der Waals surface area contributed by atoms with Gasteiger partial charge in [-0.1, -0.05) is 53.0 Å². The molecule has 19 heavy (non-hydrogen) atoms. The van der Waals surface area contributed by atoms with E-state index in [1.807, 2.05) is 6.07 Å². The Morgan fingerprint density at radius 1 is 1.00 bits per heavy atom. The van der Waals surface area contributed by atoms with Crippen molar-refractivity contribution < 1.29 is 9.53 Å². The van der Waals surface area contributed by atoms with E-state index in [2.05, 4.69) is 5.32 Å². The molecular formula is C13H8Cl3NO2. The molecule has 0 unspecified atom stereocenters. The van der Waals surface area contributed by atoms with Gasteiger partial charge >= 0.3 is 6.09 Å². The molecule has 0 aliphatic rings. The minimum Gasteiger partial charge on any atom is -0.407 e. The molecule has 2 aromatic carbocycles. The highest BCUT2D eigenvalue weighted by molar-refractivity contribution is 6.40. The molecule has 6 heteroatoms. The number of rotatable bonds is 2. The van der Waals surface area contributed by atoms with Gasteiger partial charge in [-0.2, -0.15) is 0 Å². The van der Waals surface area contributed by atoms with E-state index in [9.17, 15) is 4.79 Å². The lowest BCUT2D eigenvalue weighted by atomic mass is 10.3. The predicted octanol–water partition coefficient (Wildman–Crippen LogP) is 5.26. The largest absolute Gasteiger partial charge is 0.417 e. The van der Waals surface area contributed by atoms with Crippen LogP contribution in [0.25, 0.3) is 0 Å². The summed E-state index contributed by atoms with van der Waals surface area (Å²) in [6.07, 6.45) is -0.683. The summed E-state index contributed by atoms with van der Waals surface area (Å²) in [5.41, 5.74) is 0.605. The van der Waals surface area contributed by atoms with E-state index in [-0.39, 0.29) is 15.8 Å². The average Bonchev–Trinajstić information content (AvgIpc) is 2.35. The molecule has 0 spiro atoms. The van der Waals surface area contributed by atoms with Crippen molar-refractivity contribution in [2.75, 3.05) is 5.32 Å². The molecule has 0 saturated carbocycles. The Balaban J connectivity index is 2.12. The summed E-state index contributed by atoms with van der Waals surface area (Å²) in [4.78, 5) is 11.7. The molecule has 3 nitrogen and oxygen atoms in total. The van der Waals surface area contributed by atoms with Crippen molar-refractivity contribution in [3.8, 4) is 5.75 Å². The van der Waals surface area contributed by atoms with Gasteiger partial charge < -0.3 is 4.74 Å². The summed E-state index contributed by atoms with van der Waals surface area (Å²) in [6.45, 7) is 0. The van der Waals surface area contributed by atoms with Crippen molar-refractivity contribution in [2.24, 2.45) is 0 Å². The van der Waals surface area contributed by atoms with Gasteiger partial charge in [0.15, 0.2) is 5.75 Å². The first-order valence-corrected chi connectivity index (χ1v) is 6.38. The lowest BCUT2D eigenvalue weighted by Crippen LogP contribution is -2.17. The lowest BCUT2D eigenvalue weighted by molar-refractivity contribution is 0.215. The second-order valence-electron chi connectivity index (χ2n) is 3.58. The highest BCUT2D eigenvalue weighted by Crippen LogP contribution is 2.35. The maximum atomic E-state index is 11.7. The minimum absolute atomic E-state index is 0.0705. The van der Waals surface area contributed by atoms with E-state index < -0.39 is 6.09 Å². The zero-order chi connectivity index (χ0) is 13.8. The molecule has 0 heterocycles. The third-order valence-electron chi connectivity index (χ3n) is 2.18. The van der Waals surface area contributed by atoms with Crippen molar-refractivity contribution in [2.45, 2.75) is 0 Å². The summed E-state index contributed by atoms with van der Waals surface area (Å²) in [7, 11) is 0. The molecule has 0 atom stereocenters. The van der Waals surface area contributed by atoms with Crippen molar-refractivity contribution in [3.63, 3.8) is 0 Å². The minimum atomic E-state index is -0.683. The van der Waals surface area contributed by atoms with E-state index in [0.29, 0.717) is 10.7 Å². The summed E-state index contributed by atoms with van der Waals surface area (Å²) >= 11 is 17.6. The number of halogens is 3. The van der Waals surface area contributed by atoms with Gasteiger partial charge in [0.1, 0.15) is 0 Å². The normalized spacial score (nSPS) is 10.1. The average molecular weight is 317 g/mol. The number of anilines is 1. The van der Waals surface area contributed by atoms with Gasteiger partial charge in [0.25, 0.3) is 0 Å². The topological polar surface area (TPSA) is 38.3 Å². The van der Waals surface area contributed by atoms with Crippen LogP contribution in [0.3, 0.4) is 0 Å². The molecule has 0 aliphatic heterocycles. The summed E-state index contributed by atoms with van der Waals surface area (Å²) in [5.74, 6) is 0.0705. The van der Waals surface area contributed by atoms with Crippen molar-refractivity contribution >= 4 is 46.6 Å². The number of amides is 1. The van der Waals surface area contributed by atoms with Crippen LogP contribution in [0.15, 0.2) is 42.5 Å². The molecule has 0 saturated heterocycles. The fourth-order valence-electron chi connectivity index (χ4n) is 1.38. The SMILES string of the molecule is O=C(Nc1ccccc1)Oc1c(Cl)cc(Cl)cc1Cl. The predicted molar refractivity (Wildman–Crippen MR) is 77.6 cm³/mol. The number of benzene rings is 2. The summed E-state index contributed by atoms with van der Waals surface area (Å²) in [6, 6.07) is 11.8. The molecule has 0 fully saturated rings. The fraction of sp³-hybridized carbons (Fsp3) is 0. The van der Waals surface area contributed by atoms with Crippen molar-refractivity contribution in [3.05, 3.63) is 57.5 Å². The van der Waals surface area contributed by atoms with Crippen molar-refractivity contribution in [1.82, 2.24) is 0 Å². The zero-order valence-electron chi connectivity index (χ0n) is 9.49. The molecule has 0 bridgehead atoms. The van der Waals surface area contributed by atoms with Gasteiger partial charge in [-0.3, -0.25) is 5.32 Å². The van der Waals surface area contributed by atoms with Gasteiger partial charge in [-0.15, -0.1) is 0 Å². The summed E-state index contributed by atoms with van der Waals surface area (Å²) in [5, 5.41) is 3.25. The van der Waals surface area contributed by atoms with E-state index in [1.54, 1.807) is 24.3 Å². The molecule has 0 radical (unpaired) electrons. The zero-order valence-corrected chi connectivity index (χ0v) is 11.8. The second kappa shape index (κ2) is 6.15. The Hall–Kier alpha value is -1.42. The van der Waals surface area contributed by atoms with Crippen LogP contribution in [-0.2, 0) is 0 Å². The molecule has 1 N–H and O–H groups in total. The maximum absolute atomic E-state index is 11.7. The third-order valence-corrected chi connectivity index (χ3v) is 2.96. The van der Waals surface area contributed by atoms with Crippen LogP contribution in [0.4, 0.5) is 10.5 Å². The van der Waals surface area contributed by atoms with Crippen LogP contribution < -0.4 is 10.1 Å². The monoisotopic (exact) mass is 315 g/mol. The van der Waals surface area contributed by atoms with Gasteiger partial charge in [-0.25, -0.2) is 4.79 Å². The smallest absolute Gasteiger partial charge is 0.407 e. The third kappa shape index (κ3) is 3.77. The summed E-state index contributed by atoms with van der Waals surface area (Å²) < 4.78 is 5.06. The molecule has 0 aromatic heterocycles. The van der Waals surface area contributed by atoms with Gasteiger partial charge in [0.05, 0.1) is 10.0 Å². The van der Waals surface area contributed by atoms with E-state index in [4.69, 9.17) is 39.5 Å². The molecule has 2 rings (SSSR count). The van der Waals surface area contributed by atoms with E-state index in [1.165, 1.54) is 12.1 Å². The second-order valence-corrected chi connectivity index (χ2v) is 4.83. The molecule has 98 valence electrons. The van der Waals surface area contributed by atoms with Gasteiger partial charge in [0.2, 0.25) is 0 Å². The Bertz CT molecular complexity index is 579. The quantitative estimate of drug-likeness (QED) is 0.821. The first-order chi connectivity index (χ1) is 9.06. The highest BCUT2D eigenvalue weighted by Gasteiger charge is 2.13.